The summed E-state index contributed by atoms with van der Waals surface area (Å²) in [5.41, 5.74) is 0. The lowest BCUT2D eigenvalue weighted by molar-refractivity contribution is 0.216. The molecule has 0 aromatic heterocycles. The predicted molar refractivity (Wildman–Crippen MR) is 78.5 cm³/mol. The third-order valence-electron chi connectivity index (χ3n) is 2.84. The maximum atomic E-state index is 8.06. The summed E-state index contributed by atoms with van der Waals surface area (Å²) in [6.07, 6.45) is 8.83. The molecule has 0 amide bonds. The molecule has 2 heteroatoms. The van der Waals surface area contributed by atoms with Crippen molar-refractivity contribution in [1.82, 2.24) is 4.90 Å². The van der Waals surface area contributed by atoms with Gasteiger partial charge in [0, 0.05) is 6.10 Å². The van der Waals surface area contributed by atoms with Crippen LogP contribution >= 0.6 is 0 Å². The molecule has 1 fully saturated rings. The molecule has 1 aliphatic rings. The SMILES string of the molecule is C1CCCCC1.CC(C)O.CCN(CC)CC. The lowest BCUT2D eigenvalue weighted by Gasteiger charge is -2.13. The van der Waals surface area contributed by atoms with E-state index in [9.17, 15) is 0 Å². The summed E-state index contributed by atoms with van der Waals surface area (Å²) in [4.78, 5) is 2.38. The molecule has 0 bridgehead atoms. The molecule has 106 valence electrons. The quantitative estimate of drug-likeness (QED) is 0.810. The second kappa shape index (κ2) is 15.9. The molecule has 17 heavy (non-hydrogen) atoms. The Kier molecular flexibility index (Phi) is 18.0. The van der Waals surface area contributed by atoms with Crippen LogP contribution in [0.5, 0.6) is 0 Å². The Morgan fingerprint density at radius 2 is 0.941 bits per heavy atom. The van der Waals surface area contributed by atoms with Crippen molar-refractivity contribution in [3.05, 3.63) is 0 Å². The van der Waals surface area contributed by atoms with Crippen molar-refractivity contribution in [3.63, 3.8) is 0 Å². The summed E-state index contributed by atoms with van der Waals surface area (Å²) in [5.74, 6) is 0. The summed E-state index contributed by atoms with van der Waals surface area (Å²) in [6, 6.07) is 0. The van der Waals surface area contributed by atoms with Crippen molar-refractivity contribution in [2.24, 2.45) is 0 Å². The second-order valence-electron chi connectivity index (χ2n) is 4.83. The van der Waals surface area contributed by atoms with Gasteiger partial charge in [0.25, 0.3) is 0 Å². The molecule has 0 aromatic rings. The van der Waals surface area contributed by atoms with E-state index in [2.05, 4.69) is 25.7 Å². The molecule has 0 aliphatic heterocycles. The Bertz CT molecular complexity index is 98.3. The average Bonchev–Trinajstić information content (AvgIpc) is 2.34. The summed E-state index contributed by atoms with van der Waals surface area (Å²) in [5, 5.41) is 8.06. The van der Waals surface area contributed by atoms with Gasteiger partial charge in [-0.15, -0.1) is 0 Å². The van der Waals surface area contributed by atoms with E-state index in [0.29, 0.717) is 0 Å². The van der Waals surface area contributed by atoms with E-state index in [-0.39, 0.29) is 6.10 Å². The van der Waals surface area contributed by atoms with Crippen molar-refractivity contribution in [3.8, 4) is 0 Å². The maximum Gasteiger partial charge on any atom is 0.0483 e. The van der Waals surface area contributed by atoms with E-state index in [1.54, 1.807) is 13.8 Å². The molecule has 0 saturated heterocycles. The van der Waals surface area contributed by atoms with Crippen molar-refractivity contribution in [1.29, 1.82) is 0 Å². The van der Waals surface area contributed by atoms with Crippen LogP contribution in [0.1, 0.15) is 73.1 Å². The smallest absolute Gasteiger partial charge is 0.0483 e. The van der Waals surface area contributed by atoms with Gasteiger partial charge in [-0.3, -0.25) is 0 Å². The van der Waals surface area contributed by atoms with Crippen LogP contribution < -0.4 is 0 Å². The van der Waals surface area contributed by atoms with Gasteiger partial charge in [-0.05, 0) is 33.5 Å². The highest BCUT2D eigenvalue weighted by Crippen LogP contribution is 2.15. The zero-order valence-electron chi connectivity index (χ0n) is 12.8. The van der Waals surface area contributed by atoms with Gasteiger partial charge in [0.2, 0.25) is 0 Å². The number of rotatable bonds is 3. The molecule has 0 aromatic carbocycles. The second-order valence-corrected chi connectivity index (χ2v) is 4.83. The van der Waals surface area contributed by atoms with Crippen LogP contribution in [0.25, 0.3) is 0 Å². The third-order valence-corrected chi connectivity index (χ3v) is 2.84. The van der Waals surface area contributed by atoms with E-state index >= 15 is 0 Å². The topological polar surface area (TPSA) is 23.5 Å². The molecule has 0 atom stereocenters. The number of aliphatic hydroxyl groups is 1. The lowest BCUT2D eigenvalue weighted by atomic mass is 10.0. The largest absolute Gasteiger partial charge is 0.394 e. The maximum absolute atomic E-state index is 8.06. The van der Waals surface area contributed by atoms with Gasteiger partial charge >= 0.3 is 0 Å². The van der Waals surface area contributed by atoms with E-state index in [4.69, 9.17) is 5.11 Å². The van der Waals surface area contributed by atoms with Gasteiger partial charge in [0.1, 0.15) is 0 Å². The fraction of sp³-hybridized carbons (Fsp3) is 1.00. The minimum Gasteiger partial charge on any atom is -0.394 e. The van der Waals surface area contributed by atoms with Crippen molar-refractivity contribution in [2.45, 2.75) is 79.2 Å². The Labute approximate surface area is 109 Å². The number of nitrogens with zero attached hydrogens (tertiary/aromatic N) is 1. The molecule has 0 heterocycles. The highest BCUT2D eigenvalue weighted by atomic mass is 16.3. The fourth-order valence-corrected chi connectivity index (χ4v) is 1.73. The normalized spacial score (nSPS) is 14.8. The summed E-state index contributed by atoms with van der Waals surface area (Å²) < 4.78 is 0. The van der Waals surface area contributed by atoms with Crippen LogP contribution in [0.4, 0.5) is 0 Å². The standard InChI is InChI=1S/C6H15N.C6H12.C3H8O/c1-4-7(5-2)6-3;1-2-4-6-5-3-1;1-3(2)4/h4-6H2,1-3H3;1-6H2;3-4H,1-2H3. The van der Waals surface area contributed by atoms with Gasteiger partial charge in [-0.1, -0.05) is 59.3 Å². The van der Waals surface area contributed by atoms with E-state index in [1.807, 2.05) is 0 Å². The molecule has 1 saturated carbocycles. The first-order valence-corrected chi connectivity index (χ1v) is 7.48. The fourth-order valence-electron chi connectivity index (χ4n) is 1.73. The van der Waals surface area contributed by atoms with Gasteiger partial charge in [-0.25, -0.2) is 0 Å². The van der Waals surface area contributed by atoms with Crippen molar-refractivity contribution < 1.29 is 5.11 Å². The van der Waals surface area contributed by atoms with Crippen LogP contribution in [-0.4, -0.2) is 35.7 Å². The Morgan fingerprint density at radius 3 is 1.00 bits per heavy atom. The van der Waals surface area contributed by atoms with E-state index in [0.717, 1.165) is 0 Å². The molecular formula is C15H35NO. The first kappa shape index (κ1) is 19.3. The zero-order valence-corrected chi connectivity index (χ0v) is 12.8. The van der Waals surface area contributed by atoms with Gasteiger partial charge in [0.15, 0.2) is 0 Å². The molecule has 2 nitrogen and oxygen atoms in total. The monoisotopic (exact) mass is 245 g/mol. The number of hydrogen-bond acceptors (Lipinski definition) is 2. The molecule has 1 N–H and O–H groups in total. The summed E-state index contributed by atoms with van der Waals surface area (Å²) >= 11 is 0. The van der Waals surface area contributed by atoms with Crippen molar-refractivity contribution in [2.75, 3.05) is 19.6 Å². The molecule has 0 unspecified atom stereocenters. The molecule has 1 rings (SSSR count). The van der Waals surface area contributed by atoms with Crippen LogP contribution in [0.3, 0.4) is 0 Å². The van der Waals surface area contributed by atoms with Crippen LogP contribution in [0.2, 0.25) is 0 Å². The van der Waals surface area contributed by atoms with Crippen molar-refractivity contribution >= 4 is 0 Å². The Morgan fingerprint density at radius 1 is 0.765 bits per heavy atom. The van der Waals surface area contributed by atoms with E-state index < -0.39 is 0 Å². The van der Waals surface area contributed by atoms with Crippen LogP contribution in [-0.2, 0) is 0 Å². The summed E-state index contributed by atoms with van der Waals surface area (Å²) in [7, 11) is 0. The molecule has 0 spiro atoms. The highest BCUT2D eigenvalue weighted by molar-refractivity contribution is 4.51. The highest BCUT2D eigenvalue weighted by Gasteiger charge is 1.95. The van der Waals surface area contributed by atoms with Gasteiger partial charge in [0.05, 0.1) is 0 Å². The van der Waals surface area contributed by atoms with Crippen LogP contribution in [0.15, 0.2) is 0 Å². The average molecular weight is 245 g/mol. The number of aliphatic hydroxyl groups excluding tert-OH is 1. The lowest BCUT2D eigenvalue weighted by Crippen LogP contribution is -2.21. The minimum absolute atomic E-state index is 0.167. The molecule has 1 aliphatic carbocycles. The zero-order chi connectivity index (χ0) is 13.5. The third kappa shape index (κ3) is 21.7. The summed E-state index contributed by atoms with van der Waals surface area (Å²) in [6.45, 7) is 13.6. The Balaban J connectivity index is 0. The first-order chi connectivity index (χ1) is 8.08. The predicted octanol–water partition coefficient (Wildman–Crippen LogP) is 4.08. The molecule has 0 radical (unpaired) electrons. The first-order valence-electron chi connectivity index (χ1n) is 7.48. The van der Waals surface area contributed by atoms with Crippen LogP contribution in [0, 0.1) is 0 Å². The molecular weight excluding hydrogens is 210 g/mol. The Hall–Kier alpha value is -0.0800. The van der Waals surface area contributed by atoms with Gasteiger partial charge in [-0.2, -0.15) is 0 Å². The van der Waals surface area contributed by atoms with Gasteiger partial charge < -0.3 is 10.0 Å². The number of hydrogen-bond donors (Lipinski definition) is 1. The minimum atomic E-state index is -0.167. The van der Waals surface area contributed by atoms with E-state index in [1.165, 1.54) is 58.2 Å².